The number of aromatic amines is 1. The second kappa shape index (κ2) is 4.89. The number of H-pyrrole nitrogens is 1. The molecule has 1 aromatic heterocycles. The Balaban J connectivity index is 2.00. The van der Waals surface area contributed by atoms with Gasteiger partial charge in [0.25, 0.3) is 0 Å². The molecule has 8 heteroatoms. The quantitative estimate of drug-likeness (QED) is 0.727. The number of hydrogen-bond donors (Lipinski definition) is 1. The molecule has 0 aromatic carbocycles. The molecule has 5 nitrogen and oxygen atoms in total. The van der Waals surface area contributed by atoms with Crippen LogP contribution in [0.15, 0.2) is 0 Å². The summed E-state index contributed by atoms with van der Waals surface area (Å²) in [7, 11) is 0. The first-order valence-corrected chi connectivity index (χ1v) is 3.95. The van der Waals surface area contributed by atoms with Crippen molar-refractivity contribution in [3.05, 3.63) is 5.82 Å². The van der Waals surface area contributed by atoms with E-state index in [2.05, 4.69) is 25.4 Å². The molecule has 80 valence electrons. The van der Waals surface area contributed by atoms with Crippen molar-refractivity contribution in [2.45, 2.75) is 19.0 Å². The average molecular weight is 210 g/mol. The van der Waals surface area contributed by atoms with Gasteiger partial charge in [0.05, 0.1) is 0 Å². The number of ether oxygens (including phenoxy) is 1. The van der Waals surface area contributed by atoms with Crippen LogP contribution in [0.2, 0.25) is 0 Å². The molecule has 0 aliphatic carbocycles. The maximum absolute atomic E-state index is 11.6. The first-order chi connectivity index (χ1) is 6.58. The molecule has 0 aliphatic rings. The highest BCUT2D eigenvalue weighted by Crippen LogP contribution is 2.14. The van der Waals surface area contributed by atoms with Crippen LogP contribution in [0.5, 0.6) is 0 Å². The van der Waals surface area contributed by atoms with Gasteiger partial charge >= 0.3 is 6.18 Å². The lowest BCUT2D eigenvalue weighted by molar-refractivity contribution is -0.174. The van der Waals surface area contributed by atoms with Crippen molar-refractivity contribution in [3.8, 4) is 0 Å². The highest BCUT2D eigenvalue weighted by molar-refractivity contribution is 4.74. The third-order valence-corrected chi connectivity index (χ3v) is 1.34. The lowest BCUT2D eigenvalue weighted by Gasteiger charge is -2.06. The fourth-order valence-corrected chi connectivity index (χ4v) is 0.809. The van der Waals surface area contributed by atoms with Gasteiger partial charge in [0.15, 0.2) is 5.82 Å². The van der Waals surface area contributed by atoms with E-state index in [9.17, 15) is 13.2 Å². The zero-order valence-corrected chi connectivity index (χ0v) is 7.21. The fraction of sp³-hybridized carbons (Fsp3) is 0.833. The van der Waals surface area contributed by atoms with Crippen LogP contribution in [0.4, 0.5) is 13.2 Å². The number of tetrazole rings is 1. The molecular formula is C6H9F3N4O. The van der Waals surface area contributed by atoms with Gasteiger partial charge < -0.3 is 4.74 Å². The van der Waals surface area contributed by atoms with E-state index in [0.29, 0.717) is 18.7 Å². The van der Waals surface area contributed by atoms with E-state index in [-0.39, 0.29) is 6.61 Å². The summed E-state index contributed by atoms with van der Waals surface area (Å²) in [6.45, 7) is -1.17. The van der Waals surface area contributed by atoms with Crippen LogP contribution in [0.1, 0.15) is 12.2 Å². The van der Waals surface area contributed by atoms with E-state index in [1.807, 2.05) is 0 Å². The number of alkyl halides is 3. The number of nitrogens with zero attached hydrogens (tertiary/aromatic N) is 3. The number of aryl methyl sites for hydroxylation is 1. The average Bonchev–Trinajstić information content (AvgIpc) is 2.54. The summed E-state index contributed by atoms with van der Waals surface area (Å²) in [6.07, 6.45) is -3.36. The third-order valence-electron chi connectivity index (χ3n) is 1.34. The summed E-state index contributed by atoms with van der Waals surface area (Å²) >= 11 is 0. The summed E-state index contributed by atoms with van der Waals surface area (Å²) in [5.41, 5.74) is 0. The van der Waals surface area contributed by atoms with Crippen LogP contribution in [0, 0.1) is 0 Å². The maximum Gasteiger partial charge on any atom is 0.411 e. The van der Waals surface area contributed by atoms with E-state index in [1.54, 1.807) is 0 Å². The van der Waals surface area contributed by atoms with Crippen molar-refractivity contribution in [2.75, 3.05) is 13.2 Å². The minimum Gasteiger partial charge on any atom is -0.372 e. The van der Waals surface area contributed by atoms with Crippen molar-refractivity contribution < 1.29 is 17.9 Å². The van der Waals surface area contributed by atoms with Crippen molar-refractivity contribution in [2.24, 2.45) is 0 Å². The predicted octanol–water partition coefficient (Wildman–Crippen LogP) is 0.711. The minimum absolute atomic E-state index is 0.0358. The molecule has 0 unspecified atom stereocenters. The van der Waals surface area contributed by atoms with Gasteiger partial charge in [-0.1, -0.05) is 5.21 Å². The highest BCUT2D eigenvalue weighted by atomic mass is 19.4. The lowest BCUT2D eigenvalue weighted by atomic mass is 10.3. The Morgan fingerprint density at radius 1 is 1.36 bits per heavy atom. The van der Waals surface area contributed by atoms with Gasteiger partial charge in [-0.15, -0.1) is 10.2 Å². The zero-order valence-electron chi connectivity index (χ0n) is 7.21. The molecule has 0 saturated carbocycles. The molecule has 0 atom stereocenters. The van der Waals surface area contributed by atoms with Gasteiger partial charge in [0.1, 0.15) is 6.61 Å². The lowest BCUT2D eigenvalue weighted by Crippen LogP contribution is -2.17. The van der Waals surface area contributed by atoms with Crippen molar-refractivity contribution in [1.82, 2.24) is 20.6 Å². The number of hydrogen-bond acceptors (Lipinski definition) is 4. The van der Waals surface area contributed by atoms with Gasteiger partial charge in [0, 0.05) is 13.0 Å². The molecule has 0 fully saturated rings. The van der Waals surface area contributed by atoms with E-state index in [0.717, 1.165) is 0 Å². The first-order valence-electron chi connectivity index (χ1n) is 3.95. The van der Waals surface area contributed by atoms with Crippen molar-refractivity contribution in [3.63, 3.8) is 0 Å². The molecule has 0 saturated heterocycles. The topological polar surface area (TPSA) is 63.7 Å². The SMILES string of the molecule is FC(F)(F)COCCCc1nn[nH]n1. The number of rotatable bonds is 5. The van der Waals surface area contributed by atoms with Crippen molar-refractivity contribution >= 4 is 0 Å². The molecule has 14 heavy (non-hydrogen) atoms. The largest absolute Gasteiger partial charge is 0.411 e. The number of aromatic nitrogens is 4. The normalized spacial score (nSPS) is 11.9. The zero-order chi connectivity index (χ0) is 10.4. The standard InChI is InChI=1S/C6H9F3N4O/c7-6(8,9)4-14-3-1-2-5-10-12-13-11-5/h1-4H2,(H,10,11,12,13). The summed E-state index contributed by atoms with van der Waals surface area (Å²) in [5, 5.41) is 12.8. The molecule has 1 N–H and O–H groups in total. The Hall–Kier alpha value is -1.18. The van der Waals surface area contributed by atoms with Crippen LogP contribution < -0.4 is 0 Å². The van der Waals surface area contributed by atoms with Gasteiger partial charge in [-0.05, 0) is 6.42 Å². The Kier molecular flexibility index (Phi) is 3.81. The maximum atomic E-state index is 11.6. The van der Waals surface area contributed by atoms with E-state index in [4.69, 9.17) is 0 Å². The second-order valence-electron chi connectivity index (χ2n) is 2.60. The van der Waals surface area contributed by atoms with Crippen molar-refractivity contribution in [1.29, 1.82) is 0 Å². The number of halogens is 3. The molecule has 0 spiro atoms. The fourth-order valence-electron chi connectivity index (χ4n) is 0.809. The first kappa shape index (κ1) is 10.9. The van der Waals surface area contributed by atoms with Crippen LogP contribution in [-0.4, -0.2) is 40.0 Å². The molecule has 0 aliphatic heterocycles. The van der Waals surface area contributed by atoms with Gasteiger partial charge in [-0.3, -0.25) is 0 Å². The Labute approximate surface area is 77.6 Å². The molecule has 0 radical (unpaired) electrons. The number of nitrogens with one attached hydrogen (secondary N) is 1. The monoisotopic (exact) mass is 210 g/mol. The Morgan fingerprint density at radius 2 is 2.14 bits per heavy atom. The second-order valence-corrected chi connectivity index (χ2v) is 2.60. The summed E-state index contributed by atoms with van der Waals surface area (Å²) in [4.78, 5) is 0. The van der Waals surface area contributed by atoms with Crippen LogP contribution in [-0.2, 0) is 11.2 Å². The smallest absolute Gasteiger partial charge is 0.372 e. The molecular weight excluding hydrogens is 201 g/mol. The molecule has 1 heterocycles. The summed E-state index contributed by atoms with van der Waals surface area (Å²) in [6, 6.07) is 0. The predicted molar refractivity (Wildman–Crippen MR) is 39.4 cm³/mol. The molecule has 1 aromatic rings. The minimum atomic E-state index is -4.26. The van der Waals surface area contributed by atoms with E-state index in [1.165, 1.54) is 0 Å². The Bertz CT molecular complexity index is 248. The summed E-state index contributed by atoms with van der Waals surface area (Å²) < 4.78 is 39.2. The van der Waals surface area contributed by atoms with Gasteiger partial charge in [0.2, 0.25) is 0 Å². The van der Waals surface area contributed by atoms with Crippen LogP contribution in [0.25, 0.3) is 0 Å². The van der Waals surface area contributed by atoms with Gasteiger partial charge in [-0.25, -0.2) is 0 Å². The van der Waals surface area contributed by atoms with Crippen LogP contribution in [0.3, 0.4) is 0 Å². The summed E-state index contributed by atoms with van der Waals surface area (Å²) in [5.74, 6) is 0.473. The highest BCUT2D eigenvalue weighted by Gasteiger charge is 2.27. The van der Waals surface area contributed by atoms with Crippen LogP contribution >= 0.6 is 0 Å². The third kappa shape index (κ3) is 4.75. The molecule has 0 amide bonds. The Morgan fingerprint density at radius 3 is 2.71 bits per heavy atom. The molecule has 0 bridgehead atoms. The van der Waals surface area contributed by atoms with Gasteiger partial charge in [-0.2, -0.15) is 18.4 Å². The van der Waals surface area contributed by atoms with E-state index >= 15 is 0 Å². The van der Waals surface area contributed by atoms with E-state index < -0.39 is 12.8 Å². The molecule has 1 rings (SSSR count).